The molecule has 1 aromatic heterocycles. The quantitative estimate of drug-likeness (QED) is 0.666. The first-order valence-electron chi connectivity index (χ1n) is 10.2. The molecule has 4 rings (SSSR count). The fraction of sp³-hybridized carbons (Fsp3) is 0.261. The fourth-order valence-electron chi connectivity index (χ4n) is 3.71. The van der Waals surface area contributed by atoms with Crippen molar-refractivity contribution < 1.29 is 9.59 Å². The molecule has 0 aliphatic carbocycles. The second-order valence-corrected chi connectivity index (χ2v) is 7.74. The van der Waals surface area contributed by atoms with Crippen molar-refractivity contribution in [2.45, 2.75) is 6.92 Å². The van der Waals surface area contributed by atoms with Crippen molar-refractivity contribution in [3.63, 3.8) is 0 Å². The lowest BCUT2D eigenvalue weighted by Crippen LogP contribution is -2.51. The normalized spacial score (nSPS) is 13.9. The Kier molecular flexibility index (Phi) is 6.23. The Balaban J connectivity index is 1.34. The number of halogens is 1. The highest BCUT2D eigenvalue weighted by Crippen LogP contribution is 2.23. The Labute approximate surface area is 186 Å². The van der Waals surface area contributed by atoms with Gasteiger partial charge in [0.15, 0.2) is 0 Å². The number of benzene rings is 2. The topological polar surface area (TPSA) is 70.5 Å². The molecular formula is C23H24ClN5O2. The maximum atomic E-state index is 12.7. The fourth-order valence-corrected chi connectivity index (χ4v) is 4.06. The number of nitrogens with zero attached hydrogens (tertiary/aromatic N) is 4. The van der Waals surface area contributed by atoms with Gasteiger partial charge in [0, 0.05) is 31.9 Å². The molecule has 31 heavy (non-hydrogen) atoms. The number of nitrogens with one attached hydrogen (secondary N) is 1. The number of piperazine rings is 1. The Hall–Kier alpha value is -3.32. The van der Waals surface area contributed by atoms with Gasteiger partial charge in [0.25, 0.3) is 5.91 Å². The molecule has 0 spiro atoms. The summed E-state index contributed by atoms with van der Waals surface area (Å²) in [6, 6.07) is 19.5. The molecule has 0 atom stereocenters. The molecule has 2 amide bonds. The third-order valence-electron chi connectivity index (χ3n) is 5.39. The molecule has 0 unspecified atom stereocenters. The third-order valence-corrected chi connectivity index (χ3v) is 5.73. The summed E-state index contributed by atoms with van der Waals surface area (Å²) in [6.45, 7) is 4.42. The summed E-state index contributed by atoms with van der Waals surface area (Å²) >= 11 is 6.44. The van der Waals surface area contributed by atoms with Gasteiger partial charge in [-0.1, -0.05) is 48.0 Å². The van der Waals surface area contributed by atoms with Gasteiger partial charge < -0.3 is 15.1 Å². The van der Waals surface area contributed by atoms with E-state index in [1.54, 1.807) is 11.8 Å². The van der Waals surface area contributed by atoms with E-state index in [1.807, 2.05) is 48.5 Å². The zero-order chi connectivity index (χ0) is 21.8. The number of hydrogen-bond acceptors (Lipinski definition) is 4. The number of amides is 2. The third kappa shape index (κ3) is 4.56. The molecule has 0 saturated carbocycles. The highest BCUT2D eigenvalue weighted by atomic mass is 35.5. The molecule has 1 saturated heterocycles. The van der Waals surface area contributed by atoms with Gasteiger partial charge in [-0.2, -0.15) is 5.10 Å². The van der Waals surface area contributed by atoms with Crippen LogP contribution >= 0.6 is 11.6 Å². The highest BCUT2D eigenvalue weighted by Gasteiger charge is 2.24. The summed E-state index contributed by atoms with van der Waals surface area (Å²) in [6.07, 6.45) is 0. The zero-order valence-corrected chi connectivity index (χ0v) is 18.0. The molecule has 0 bridgehead atoms. The average Bonchev–Trinajstić information content (AvgIpc) is 3.12. The number of aryl methyl sites for hydroxylation is 1. The van der Waals surface area contributed by atoms with Crippen LogP contribution in [0.3, 0.4) is 0 Å². The van der Waals surface area contributed by atoms with Gasteiger partial charge in [0.05, 0.1) is 23.5 Å². The number of carbonyl (C=O) groups excluding carboxylic acids is 2. The number of rotatable bonds is 5. The van der Waals surface area contributed by atoms with E-state index in [-0.39, 0.29) is 23.2 Å². The molecule has 7 nitrogen and oxygen atoms in total. The van der Waals surface area contributed by atoms with Crippen molar-refractivity contribution in [2.75, 3.05) is 37.6 Å². The van der Waals surface area contributed by atoms with E-state index in [0.717, 1.165) is 24.5 Å². The summed E-state index contributed by atoms with van der Waals surface area (Å²) in [7, 11) is 0. The summed E-state index contributed by atoms with van der Waals surface area (Å²) in [4.78, 5) is 29.4. The van der Waals surface area contributed by atoms with Gasteiger partial charge in [0.1, 0.15) is 5.15 Å². The van der Waals surface area contributed by atoms with Crippen LogP contribution in [0.1, 0.15) is 16.1 Å². The number of hydrogen-bond donors (Lipinski definition) is 1. The molecule has 8 heteroatoms. The van der Waals surface area contributed by atoms with E-state index in [9.17, 15) is 9.59 Å². The first kappa shape index (κ1) is 20.9. The lowest BCUT2D eigenvalue weighted by Gasteiger charge is -2.36. The van der Waals surface area contributed by atoms with Crippen LogP contribution in [0.25, 0.3) is 5.69 Å². The predicted molar refractivity (Wildman–Crippen MR) is 121 cm³/mol. The molecule has 1 N–H and O–H groups in total. The van der Waals surface area contributed by atoms with Gasteiger partial charge in [-0.25, -0.2) is 4.68 Å². The second kappa shape index (κ2) is 9.22. The van der Waals surface area contributed by atoms with E-state index in [4.69, 9.17) is 11.6 Å². The van der Waals surface area contributed by atoms with Crippen molar-refractivity contribution in [1.82, 2.24) is 20.0 Å². The Morgan fingerprint density at radius 1 is 0.935 bits per heavy atom. The smallest absolute Gasteiger partial charge is 0.256 e. The maximum Gasteiger partial charge on any atom is 0.256 e. The summed E-state index contributed by atoms with van der Waals surface area (Å²) < 4.78 is 1.52. The minimum absolute atomic E-state index is 0.0730. The SMILES string of the molecule is Cc1nn(-c2ccccc2)c(Cl)c1C(=O)NCC(=O)N1CCN(c2ccccc2)CC1. The molecule has 0 radical (unpaired) electrons. The Morgan fingerprint density at radius 2 is 1.52 bits per heavy atom. The number of para-hydroxylation sites is 2. The van der Waals surface area contributed by atoms with Gasteiger partial charge in [-0.15, -0.1) is 0 Å². The number of anilines is 1. The lowest BCUT2D eigenvalue weighted by atomic mass is 10.2. The lowest BCUT2D eigenvalue weighted by molar-refractivity contribution is -0.130. The van der Waals surface area contributed by atoms with E-state index in [2.05, 4.69) is 27.4 Å². The van der Waals surface area contributed by atoms with Crippen LogP contribution in [0.15, 0.2) is 60.7 Å². The first-order chi connectivity index (χ1) is 15.0. The van der Waals surface area contributed by atoms with Gasteiger partial charge in [-0.3, -0.25) is 9.59 Å². The van der Waals surface area contributed by atoms with E-state index in [1.165, 1.54) is 4.68 Å². The van der Waals surface area contributed by atoms with E-state index >= 15 is 0 Å². The minimum Gasteiger partial charge on any atom is -0.368 e. The molecule has 2 heterocycles. The van der Waals surface area contributed by atoms with Crippen molar-refractivity contribution in [2.24, 2.45) is 0 Å². The van der Waals surface area contributed by atoms with Gasteiger partial charge in [0.2, 0.25) is 5.91 Å². The number of carbonyl (C=O) groups is 2. The van der Waals surface area contributed by atoms with Crippen LogP contribution in [0.2, 0.25) is 5.15 Å². The zero-order valence-electron chi connectivity index (χ0n) is 17.3. The van der Waals surface area contributed by atoms with Crippen LogP contribution in [0, 0.1) is 6.92 Å². The molecule has 160 valence electrons. The monoisotopic (exact) mass is 437 g/mol. The molecule has 2 aromatic carbocycles. The van der Waals surface area contributed by atoms with Crippen molar-refractivity contribution in [1.29, 1.82) is 0 Å². The summed E-state index contributed by atoms with van der Waals surface area (Å²) in [5, 5.41) is 7.31. The van der Waals surface area contributed by atoms with Crippen LogP contribution in [-0.2, 0) is 4.79 Å². The Morgan fingerprint density at radius 3 is 2.13 bits per heavy atom. The maximum absolute atomic E-state index is 12.7. The van der Waals surface area contributed by atoms with Crippen LogP contribution in [0.5, 0.6) is 0 Å². The van der Waals surface area contributed by atoms with Crippen LogP contribution in [0.4, 0.5) is 5.69 Å². The molecular weight excluding hydrogens is 414 g/mol. The standard InChI is InChI=1S/C23H24ClN5O2/c1-17-21(22(24)29(26-17)19-10-6-3-7-11-19)23(31)25-16-20(30)28-14-12-27(13-15-28)18-8-4-2-5-9-18/h2-11H,12-16H2,1H3,(H,25,31). The Bertz CT molecular complexity index is 1060. The predicted octanol–water partition coefficient (Wildman–Crippen LogP) is 2.91. The van der Waals surface area contributed by atoms with Gasteiger partial charge in [-0.05, 0) is 31.2 Å². The average molecular weight is 438 g/mol. The minimum atomic E-state index is -0.402. The van der Waals surface area contributed by atoms with E-state index < -0.39 is 5.91 Å². The second-order valence-electron chi connectivity index (χ2n) is 7.38. The van der Waals surface area contributed by atoms with E-state index in [0.29, 0.717) is 18.8 Å². The molecule has 1 aliphatic rings. The largest absolute Gasteiger partial charge is 0.368 e. The van der Waals surface area contributed by atoms with Gasteiger partial charge >= 0.3 is 0 Å². The molecule has 1 fully saturated rings. The first-order valence-corrected chi connectivity index (χ1v) is 10.6. The molecule has 3 aromatic rings. The van der Waals surface area contributed by atoms with Crippen LogP contribution < -0.4 is 10.2 Å². The molecule has 1 aliphatic heterocycles. The summed E-state index contributed by atoms with van der Waals surface area (Å²) in [5.74, 6) is -0.508. The number of aromatic nitrogens is 2. The van der Waals surface area contributed by atoms with Crippen molar-refractivity contribution in [3.8, 4) is 5.69 Å². The van der Waals surface area contributed by atoms with Crippen molar-refractivity contribution >= 4 is 29.1 Å². The summed E-state index contributed by atoms with van der Waals surface area (Å²) in [5.41, 5.74) is 2.72. The van der Waals surface area contributed by atoms with Crippen molar-refractivity contribution in [3.05, 3.63) is 77.1 Å². The highest BCUT2D eigenvalue weighted by molar-refractivity contribution is 6.33. The van der Waals surface area contributed by atoms with Crippen LogP contribution in [-0.4, -0.2) is 59.2 Å².